The van der Waals surface area contributed by atoms with Gasteiger partial charge in [0.25, 0.3) is 0 Å². The summed E-state index contributed by atoms with van der Waals surface area (Å²) >= 11 is 4.71. The number of hydrogen-bond donors (Lipinski definition) is 3. The second kappa shape index (κ2) is 7.95. The molecular formula is C20H22N6OS. The summed E-state index contributed by atoms with van der Waals surface area (Å²) in [7, 11) is 1.66. The van der Waals surface area contributed by atoms with Crippen LogP contribution in [-0.4, -0.2) is 27.7 Å². The Morgan fingerprint density at radius 2 is 1.75 bits per heavy atom. The summed E-state index contributed by atoms with van der Waals surface area (Å²) in [5.74, 6) is 1.57. The third kappa shape index (κ3) is 3.56. The van der Waals surface area contributed by atoms with Crippen molar-refractivity contribution in [1.82, 2.24) is 25.9 Å². The second-order valence-electron chi connectivity index (χ2n) is 6.41. The number of benzene rings is 2. The Morgan fingerprint density at radius 1 is 1.04 bits per heavy atom. The van der Waals surface area contributed by atoms with Crippen LogP contribution in [0.4, 0.5) is 0 Å². The normalized spacial score (nSPS) is 13.4. The van der Waals surface area contributed by atoms with Gasteiger partial charge in [-0.15, -0.1) is 23.3 Å². The van der Waals surface area contributed by atoms with Crippen LogP contribution in [0.15, 0.2) is 64.9 Å². The fourth-order valence-corrected chi connectivity index (χ4v) is 3.37. The molecule has 0 amide bonds. The van der Waals surface area contributed by atoms with Gasteiger partial charge in [0.1, 0.15) is 10.8 Å². The van der Waals surface area contributed by atoms with Gasteiger partial charge in [-0.2, -0.15) is 5.10 Å². The lowest BCUT2D eigenvalue weighted by atomic mass is 10.1. The van der Waals surface area contributed by atoms with E-state index in [2.05, 4.69) is 52.5 Å². The predicted molar refractivity (Wildman–Crippen MR) is 112 cm³/mol. The molecule has 1 aliphatic rings. The Hall–Kier alpha value is -2.97. The highest BCUT2D eigenvalue weighted by atomic mass is 32.1. The second-order valence-corrected chi connectivity index (χ2v) is 6.83. The van der Waals surface area contributed by atoms with Crippen LogP contribution >= 0.6 is 12.6 Å². The third-order valence-corrected chi connectivity index (χ3v) is 5.11. The van der Waals surface area contributed by atoms with E-state index in [-0.39, 0.29) is 0 Å². The van der Waals surface area contributed by atoms with E-state index >= 15 is 0 Å². The lowest BCUT2D eigenvalue weighted by Gasteiger charge is -2.19. The maximum absolute atomic E-state index is 5.22. The van der Waals surface area contributed by atoms with Crippen molar-refractivity contribution in [3.8, 4) is 11.4 Å². The molecule has 7 nitrogen and oxygen atoms in total. The highest BCUT2D eigenvalue weighted by molar-refractivity contribution is 7.80. The van der Waals surface area contributed by atoms with Gasteiger partial charge in [-0.05, 0) is 41.8 Å². The van der Waals surface area contributed by atoms with E-state index < -0.39 is 0 Å². The summed E-state index contributed by atoms with van der Waals surface area (Å²) in [6, 6.07) is 16.3. The van der Waals surface area contributed by atoms with Gasteiger partial charge in [0.15, 0.2) is 5.84 Å². The van der Waals surface area contributed by atoms with E-state index in [0.29, 0.717) is 6.54 Å². The smallest absolute Gasteiger partial charge is 0.177 e. The zero-order valence-corrected chi connectivity index (χ0v) is 16.6. The number of ether oxygens (including phenoxy) is 1. The van der Waals surface area contributed by atoms with Crippen molar-refractivity contribution in [2.75, 3.05) is 7.11 Å². The van der Waals surface area contributed by atoms with Gasteiger partial charge in [-0.3, -0.25) is 5.01 Å². The number of rotatable bonds is 6. The molecule has 8 heteroatoms. The van der Waals surface area contributed by atoms with Crippen molar-refractivity contribution in [2.24, 2.45) is 5.10 Å². The molecule has 0 bridgehead atoms. The summed E-state index contributed by atoms with van der Waals surface area (Å²) in [5.41, 5.74) is 10.1. The van der Waals surface area contributed by atoms with Crippen molar-refractivity contribution in [3.05, 3.63) is 71.4 Å². The molecule has 0 radical (unpaired) electrons. The minimum absolute atomic E-state index is 0.624. The molecule has 4 rings (SSSR count). The number of amidine groups is 1. The van der Waals surface area contributed by atoms with Crippen LogP contribution in [0.25, 0.3) is 5.69 Å². The number of nitrogens with zero attached hydrogens (tertiary/aromatic N) is 4. The molecule has 0 fully saturated rings. The minimum atomic E-state index is 0.624. The molecule has 3 aromatic rings. The van der Waals surface area contributed by atoms with Gasteiger partial charge in [0, 0.05) is 0 Å². The number of thiol groups is 1. The molecule has 0 saturated carbocycles. The molecule has 0 saturated heterocycles. The summed E-state index contributed by atoms with van der Waals surface area (Å²) in [6.07, 6.45) is 2.79. The zero-order valence-electron chi connectivity index (χ0n) is 15.8. The zero-order chi connectivity index (χ0) is 19.5. The third-order valence-electron chi connectivity index (χ3n) is 4.68. The monoisotopic (exact) mass is 394 g/mol. The van der Waals surface area contributed by atoms with Gasteiger partial charge in [-0.1, -0.05) is 31.2 Å². The first-order chi connectivity index (χ1) is 13.7. The Morgan fingerprint density at radius 3 is 2.43 bits per heavy atom. The molecule has 0 aliphatic carbocycles. The van der Waals surface area contributed by atoms with Gasteiger partial charge in [0.05, 0.1) is 31.1 Å². The van der Waals surface area contributed by atoms with Crippen LogP contribution in [0.1, 0.15) is 23.6 Å². The predicted octanol–water partition coefficient (Wildman–Crippen LogP) is 2.92. The maximum atomic E-state index is 5.22. The minimum Gasteiger partial charge on any atom is -0.497 e. The first-order valence-electron chi connectivity index (χ1n) is 9.05. The maximum Gasteiger partial charge on any atom is 0.177 e. The van der Waals surface area contributed by atoms with Crippen molar-refractivity contribution in [1.29, 1.82) is 0 Å². The van der Waals surface area contributed by atoms with Crippen molar-refractivity contribution in [2.45, 2.75) is 24.9 Å². The van der Waals surface area contributed by atoms with E-state index in [0.717, 1.165) is 39.8 Å². The summed E-state index contributed by atoms with van der Waals surface area (Å²) < 4.78 is 7.03. The van der Waals surface area contributed by atoms with E-state index in [1.807, 2.05) is 34.0 Å². The molecule has 144 valence electrons. The lowest BCUT2D eigenvalue weighted by Crippen LogP contribution is -2.40. The quantitative estimate of drug-likeness (QED) is 0.561. The number of methoxy groups -OCH3 is 1. The molecular weight excluding hydrogens is 372 g/mol. The molecule has 2 aromatic carbocycles. The van der Waals surface area contributed by atoms with Crippen molar-refractivity contribution in [3.63, 3.8) is 0 Å². The summed E-state index contributed by atoms with van der Waals surface area (Å²) in [4.78, 5) is 0. The molecule has 0 spiro atoms. The topological polar surface area (TPSA) is 66.7 Å². The number of hydrazone groups is 1. The highest BCUT2D eigenvalue weighted by Gasteiger charge is 2.24. The Bertz CT molecular complexity index is 981. The van der Waals surface area contributed by atoms with Crippen molar-refractivity contribution >= 4 is 18.5 Å². The Kier molecular flexibility index (Phi) is 5.23. The van der Waals surface area contributed by atoms with Gasteiger partial charge in [-0.25, -0.2) is 10.2 Å². The molecule has 0 unspecified atom stereocenters. The summed E-state index contributed by atoms with van der Waals surface area (Å²) in [6.45, 7) is 2.76. The van der Waals surface area contributed by atoms with Crippen molar-refractivity contribution < 1.29 is 4.74 Å². The number of hydrogen-bond acceptors (Lipinski definition) is 7. The fourth-order valence-electron chi connectivity index (χ4n) is 3.05. The van der Waals surface area contributed by atoms with E-state index in [9.17, 15) is 0 Å². The number of aryl methyl sites for hydroxylation is 1. The Labute approximate surface area is 169 Å². The molecule has 1 aromatic heterocycles. The van der Waals surface area contributed by atoms with E-state index in [1.165, 1.54) is 5.56 Å². The fraction of sp³-hybridized carbons (Fsp3) is 0.200. The first kappa shape index (κ1) is 18.4. The van der Waals surface area contributed by atoms with Crippen LogP contribution in [0.5, 0.6) is 5.75 Å². The molecule has 2 heterocycles. The number of nitrogens with one attached hydrogen (secondary N) is 2. The standard InChI is InChI=1S/C20H22N6OS/c1-3-14-4-8-16(9-5-14)26-20(28)18(12-21-26)19-22-23-24-25(19)13-15-6-10-17(27-2)11-7-15/h4-12,23-24,28H,3,13H2,1-2H3. The molecule has 2 N–H and O–H groups in total. The largest absolute Gasteiger partial charge is 0.497 e. The van der Waals surface area contributed by atoms with Crippen LogP contribution in [0.3, 0.4) is 0 Å². The van der Waals surface area contributed by atoms with Crippen LogP contribution in [0, 0.1) is 0 Å². The van der Waals surface area contributed by atoms with E-state index in [4.69, 9.17) is 17.4 Å². The van der Waals surface area contributed by atoms with Gasteiger partial charge >= 0.3 is 0 Å². The summed E-state index contributed by atoms with van der Waals surface area (Å²) in [5, 5.41) is 11.5. The van der Waals surface area contributed by atoms with Crippen LogP contribution < -0.4 is 15.8 Å². The van der Waals surface area contributed by atoms with Crippen LogP contribution in [0.2, 0.25) is 0 Å². The van der Waals surface area contributed by atoms with Crippen LogP contribution in [-0.2, 0) is 13.0 Å². The SMILES string of the molecule is CCc1ccc(-n2ncc(C3=NNNN3Cc3ccc(OC)cc3)c2S)cc1. The van der Waals surface area contributed by atoms with Gasteiger partial charge in [0.2, 0.25) is 0 Å². The average molecular weight is 395 g/mol. The number of hydrazine groups is 2. The molecule has 1 aliphatic heterocycles. The first-order valence-corrected chi connectivity index (χ1v) is 9.49. The highest BCUT2D eigenvalue weighted by Crippen LogP contribution is 2.22. The Balaban J connectivity index is 1.56. The lowest BCUT2D eigenvalue weighted by molar-refractivity contribution is 0.287. The molecule has 0 atom stereocenters. The number of aromatic nitrogens is 2. The molecule has 28 heavy (non-hydrogen) atoms. The average Bonchev–Trinajstić information content (AvgIpc) is 3.34. The van der Waals surface area contributed by atoms with E-state index in [1.54, 1.807) is 13.3 Å². The van der Waals surface area contributed by atoms with Gasteiger partial charge < -0.3 is 4.74 Å².